The fourth-order valence-corrected chi connectivity index (χ4v) is 3.02. The molecule has 0 bridgehead atoms. The minimum atomic E-state index is 0.0128. The molecule has 1 saturated heterocycles. The highest BCUT2D eigenvalue weighted by atomic mass is 16.5. The maximum atomic E-state index is 12.2. The first-order chi connectivity index (χ1) is 11.6. The minimum absolute atomic E-state index is 0.0128. The summed E-state index contributed by atoms with van der Waals surface area (Å²) in [5, 5.41) is 4.10. The van der Waals surface area contributed by atoms with E-state index in [1.807, 2.05) is 43.0 Å². The number of hydrogen-bond acceptors (Lipinski definition) is 5. The Morgan fingerprint density at radius 3 is 3.00 bits per heavy atom. The van der Waals surface area contributed by atoms with Gasteiger partial charge in [0.05, 0.1) is 13.0 Å². The van der Waals surface area contributed by atoms with E-state index in [1.165, 1.54) is 0 Å². The van der Waals surface area contributed by atoms with Crippen LogP contribution < -0.4 is 4.74 Å². The number of aromatic nitrogens is 2. The van der Waals surface area contributed by atoms with Crippen LogP contribution in [0.15, 0.2) is 28.8 Å². The fourth-order valence-electron chi connectivity index (χ4n) is 3.02. The number of amides is 1. The highest BCUT2D eigenvalue weighted by Gasteiger charge is 2.29. The number of piperidine rings is 1. The molecule has 1 aromatic heterocycles. The lowest BCUT2D eigenvalue weighted by Gasteiger charge is -2.32. The molecule has 1 unspecified atom stereocenters. The number of nitrogens with zero attached hydrogens (tertiary/aromatic N) is 3. The van der Waals surface area contributed by atoms with Crippen molar-refractivity contribution in [3.05, 3.63) is 30.2 Å². The van der Waals surface area contributed by atoms with Crippen LogP contribution in [-0.4, -0.2) is 41.1 Å². The van der Waals surface area contributed by atoms with Crippen LogP contribution in [0.5, 0.6) is 5.75 Å². The second kappa shape index (κ2) is 7.03. The highest BCUT2D eigenvalue weighted by Crippen LogP contribution is 2.29. The molecule has 6 heteroatoms. The summed E-state index contributed by atoms with van der Waals surface area (Å²) >= 11 is 0. The predicted octanol–water partition coefficient (Wildman–Crippen LogP) is 3.11. The van der Waals surface area contributed by atoms with Gasteiger partial charge in [-0.05, 0) is 25.0 Å². The van der Waals surface area contributed by atoms with Gasteiger partial charge in [0.1, 0.15) is 5.75 Å². The van der Waals surface area contributed by atoms with Crippen LogP contribution in [0, 0.1) is 5.92 Å². The number of benzene rings is 1. The van der Waals surface area contributed by atoms with Crippen LogP contribution in [0.2, 0.25) is 0 Å². The standard InChI is InChI=1S/C18H23N3O3/c1-12(2)18(22)21-9-5-7-14(11-21)17-19-16(20-24-17)13-6-4-8-15(10-13)23-3/h4,6,8,10,12,14H,5,7,9,11H2,1-3H3. The average Bonchev–Trinajstić information content (AvgIpc) is 3.11. The number of methoxy groups -OCH3 is 1. The lowest BCUT2D eigenvalue weighted by Crippen LogP contribution is -2.41. The molecule has 0 aliphatic carbocycles. The third-order valence-corrected chi connectivity index (χ3v) is 4.35. The zero-order valence-electron chi connectivity index (χ0n) is 14.4. The first kappa shape index (κ1) is 16.5. The van der Waals surface area contributed by atoms with E-state index in [4.69, 9.17) is 9.26 Å². The molecule has 1 aliphatic heterocycles. The van der Waals surface area contributed by atoms with Crippen molar-refractivity contribution in [3.8, 4) is 17.1 Å². The molecule has 24 heavy (non-hydrogen) atoms. The third-order valence-electron chi connectivity index (χ3n) is 4.35. The number of hydrogen-bond donors (Lipinski definition) is 0. The van der Waals surface area contributed by atoms with Crippen molar-refractivity contribution in [3.63, 3.8) is 0 Å². The van der Waals surface area contributed by atoms with Gasteiger partial charge >= 0.3 is 0 Å². The molecule has 1 atom stereocenters. The number of carbonyl (C=O) groups excluding carboxylic acids is 1. The molecule has 0 spiro atoms. The number of rotatable bonds is 4. The first-order valence-electron chi connectivity index (χ1n) is 8.35. The average molecular weight is 329 g/mol. The molecule has 0 N–H and O–H groups in total. The van der Waals surface area contributed by atoms with Gasteiger partial charge in [-0.15, -0.1) is 0 Å². The largest absolute Gasteiger partial charge is 0.497 e. The monoisotopic (exact) mass is 329 g/mol. The van der Waals surface area contributed by atoms with Crippen molar-refractivity contribution >= 4 is 5.91 Å². The molecule has 1 aliphatic rings. The van der Waals surface area contributed by atoms with Gasteiger partial charge < -0.3 is 14.2 Å². The summed E-state index contributed by atoms with van der Waals surface area (Å²) in [6, 6.07) is 7.57. The van der Waals surface area contributed by atoms with Crippen LogP contribution in [0.25, 0.3) is 11.4 Å². The number of carbonyl (C=O) groups is 1. The molecule has 128 valence electrons. The summed E-state index contributed by atoms with van der Waals surface area (Å²) in [6.45, 7) is 5.32. The van der Waals surface area contributed by atoms with Crippen molar-refractivity contribution < 1.29 is 14.1 Å². The van der Waals surface area contributed by atoms with E-state index in [9.17, 15) is 4.79 Å². The molecule has 6 nitrogen and oxygen atoms in total. The summed E-state index contributed by atoms with van der Waals surface area (Å²) in [6.07, 6.45) is 1.92. The van der Waals surface area contributed by atoms with Gasteiger partial charge in [0.15, 0.2) is 0 Å². The maximum Gasteiger partial charge on any atom is 0.231 e. The Labute approximate surface area is 141 Å². The third kappa shape index (κ3) is 3.42. The first-order valence-corrected chi connectivity index (χ1v) is 8.35. The van der Waals surface area contributed by atoms with Crippen LogP contribution in [0.4, 0.5) is 0 Å². The Kier molecular flexibility index (Phi) is 4.83. The number of likely N-dealkylation sites (tertiary alicyclic amines) is 1. The molecular weight excluding hydrogens is 306 g/mol. The molecule has 0 saturated carbocycles. The molecule has 1 fully saturated rings. The van der Waals surface area contributed by atoms with E-state index in [2.05, 4.69) is 10.1 Å². The minimum Gasteiger partial charge on any atom is -0.497 e. The lowest BCUT2D eigenvalue weighted by molar-refractivity contribution is -0.135. The lowest BCUT2D eigenvalue weighted by atomic mass is 9.97. The summed E-state index contributed by atoms with van der Waals surface area (Å²) in [4.78, 5) is 18.7. The molecule has 2 aromatic rings. The zero-order chi connectivity index (χ0) is 17.1. The smallest absolute Gasteiger partial charge is 0.231 e. The Hall–Kier alpha value is -2.37. The van der Waals surface area contributed by atoms with E-state index in [1.54, 1.807) is 7.11 Å². The summed E-state index contributed by atoms with van der Waals surface area (Å²) in [5.41, 5.74) is 0.857. The molecular formula is C18H23N3O3. The second-order valence-electron chi connectivity index (χ2n) is 6.47. The van der Waals surface area contributed by atoms with Crippen LogP contribution in [0.1, 0.15) is 38.5 Å². The Morgan fingerprint density at radius 2 is 2.25 bits per heavy atom. The summed E-state index contributed by atoms with van der Waals surface area (Å²) in [5.74, 6) is 2.22. The SMILES string of the molecule is COc1cccc(-c2noc(C3CCCN(C(=O)C(C)C)C3)n2)c1. The quantitative estimate of drug-likeness (QED) is 0.862. The summed E-state index contributed by atoms with van der Waals surface area (Å²) < 4.78 is 10.7. The van der Waals surface area contributed by atoms with E-state index in [0.717, 1.165) is 30.7 Å². The molecule has 3 rings (SSSR count). The van der Waals surface area contributed by atoms with E-state index in [-0.39, 0.29) is 17.7 Å². The molecule has 0 radical (unpaired) electrons. The Morgan fingerprint density at radius 1 is 1.42 bits per heavy atom. The van der Waals surface area contributed by atoms with Gasteiger partial charge in [0, 0.05) is 24.6 Å². The fraction of sp³-hybridized carbons (Fsp3) is 0.500. The second-order valence-corrected chi connectivity index (χ2v) is 6.47. The van der Waals surface area contributed by atoms with Gasteiger partial charge in [0.25, 0.3) is 0 Å². The molecule has 2 heterocycles. The van der Waals surface area contributed by atoms with Crippen LogP contribution in [0.3, 0.4) is 0 Å². The van der Waals surface area contributed by atoms with E-state index < -0.39 is 0 Å². The van der Waals surface area contributed by atoms with Crippen molar-refractivity contribution in [2.24, 2.45) is 5.92 Å². The van der Waals surface area contributed by atoms with Gasteiger partial charge in [0.2, 0.25) is 17.6 Å². The Bertz CT molecular complexity index is 711. The Balaban J connectivity index is 1.76. The summed E-state index contributed by atoms with van der Waals surface area (Å²) in [7, 11) is 1.63. The highest BCUT2D eigenvalue weighted by molar-refractivity contribution is 5.78. The maximum absolute atomic E-state index is 12.2. The van der Waals surface area contributed by atoms with E-state index >= 15 is 0 Å². The molecule has 1 aromatic carbocycles. The van der Waals surface area contributed by atoms with Crippen molar-refractivity contribution in [1.29, 1.82) is 0 Å². The topological polar surface area (TPSA) is 68.5 Å². The normalized spacial score (nSPS) is 18.0. The van der Waals surface area contributed by atoms with Crippen molar-refractivity contribution in [1.82, 2.24) is 15.0 Å². The van der Waals surface area contributed by atoms with Gasteiger partial charge in [-0.3, -0.25) is 4.79 Å². The van der Waals surface area contributed by atoms with E-state index in [0.29, 0.717) is 18.3 Å². The zero-order valence-corrected chi connectivity index (χ0v) is 14.4. The van der Waals surface area contributed by atoms with Crippen LogP contribution in [-0.2, 0) is 4.79 Å². The number of ether oxygens (including phenoxy) is 1. The van der Waals surface area contributed by atoms with Crippen LogP contribution >= 0.6 is 0 Å². The van der Waals surface area contributed by atoms with Gasteiger partial charge in [-0.1, -0.05) is 31.1 Å². The van der Waals surface area contributed by atoms with Gasteiger partial charge in [-0.25, -0.2) is 0 Å². The van der Waals surface area contributed by atoms with Crippen molar-refractivity contribution in [2.45, 2.75) is 32.6 Å². The van der Waals surface area contributed by atoms with Crippen molar-refractivity contribution in [2.75, 3.05) is 20.2 Å². The van der Waals surface area contributed by atoms with Gasteiger partial charge in [-0.2, -0.15) is 4.98 Å². The molecule has 1 amide bonds. The predicted molar refractivity (Wildman–Crippen MR) is 89.7 cm³/mol.